The lowest BCUT2D eigenvalue weighted by Crippen LogP contribution is -2.00. The van der Waals surface area contributed by atoms with Crippen molar-refractivity contribution in [3.8, 4) is 39.3 Å². The second kappa shape index (κ2) is 9.11. The molecular formula is C37H24N2O. The van der Waals surface area contributed by atoms with Crippen LogP contribution in [0, 0.1) is 0 Å². The van der Waals surface area contributed by atoms with Crippen molar-refractivity contribution in [1.29, 1.82) is 0 Å². The first-order chi connectivity index (χ1) is 19.8. The Hall–Kier alpha value is -5.41. The molecule has 2 heterocycles. The molecule has 0 aliphatic heterocycles. The van der Waals surface area contributed by atoms with Gasteiger partial charge in [-0.05, 0) is 35.4 Å². The van der Waals surface area contributed by atoms with Crippen LogP contribution in [0.1, 0.15) is 0 Å². The monoisotopic (exact) mass is 512 g/mol. The van der Waals surface area contributed by atoms with Crippen molar-refractivity contribution in [2.45, 2.75) is 0 Å². The highest BCUT2D eigenvalue weighted by molar-refractivity contribution is 6.09. The quantitative estimate of drug-likeness (QED) is 0.235. The summed E-state index contributed by atoms with van der Waals surface area (Å²) < 4.78 is 8.59. The molecule has 3 heteroatoms. The van der Waals surface area contributed by atoms with Crippen molar-refractivity contribution in [3.05, 3.63) is 146 Å². The van der Waals surface area contributed by atoms with Gasteiger partial charge in [-0.1, -0.05) is 121 Å². The summed E-state index contributed by atoms with van der Waals surface area (Å²) >= 11 is 0. The maximum absolute atomic E-state index is 6.31. The third-order valence-corrected chi connectivity index (χ3v) is 7.65. The number of rotatable bonds is 4. The SMILES string of the molecule is c1ccc(-c2ccccc2-n2c(-c3ccc(-c4cccc5c4oc4ccccc45)cc3)nc3ccccc32)cc1. The van der Waals surface area contributed by atoms with Crippen LogP contribution in [-0.2, 0) is 0 Å². The van der Waals surface area contributed by atoms with Crippen LogP contribution < -0.4 is 0 Å². The number of hydrogen-bond donors (Lipinski definition) is 0. The van der Waals surface area contributed by atoms with E-state index < -0.39 is 0 Å². The molecule has 0 spiro atoms. The second-order valence-corrected chi connectivity index (χ2v) is 10.0. The first-order valence-corrected chi connectivity index (χ1v) is 13.5. The lowest BCUT2D eigenvalue weighted by molar-refractivity contribution is 0.670. The van der Waals surface area contributed by atoms with Crippen LogP contribution in [-0.4, -0.2) is 9.55 Å². The average Bonchev–Trinajstić information content (AvgIpc) is 3.60. The molecule has 0 aliphatic carbocycles. The Morgan fingerprint density at radius 2 is 1.12 bits per heavy atom. The molecule has 188 valence electrons. The number of imidazole rings is 1. The summed E-state index contributed by atoms with van der Waals surface area (Å²) in [5, 5.41) is 2.28. The Bertz CT molecular complexity index is 2150. The predicted molar refractivity (Wildman–Crippen MR) is 165 cm³/mol. The van der Waals surface area contributed by atoms with Crippen LogP contribution in [0.3, 0.4) is 0 Å². The standard InChI is InChI=1S/C37H24N2O/c1-2-11-25(12-3-1)28-13-4-7-18-33(28)39-34-19-8-6-17-32(34)38-37(39)27-23-21-26(22-24-27)29-15-10-16-31-30-14-5-9-20-35(30)40-36(29)31/h1-24H. The fourth-order valence-corrected chi connectivity index (χ4v) is 5.77. The van der Waals surface area contributed by atoms with Gasteiger partial charge in [-0.25, -0.2) is 4.98 Å². The zero-order chi connectivity index (χ0) is 26.5. The van der Waals surface area contributed by atoms with Crippen molar-refractivity contribution in [2.24, 2.45) is 0 Å². The van der Waals surface area contributed by atoms with E-state index in [2.05, 4.69) is 132 Å². The van der Waals surface area contributed by atoms with E-state index >= 15 is 0 Å². The van der Waals surface area contributed by atoms with Crippen molar-refractivity contribution in [3.63, 3.8) is 0 Å². The van der Waals surface area contributed by atoms with E-state index in [1.54, 1.807) is 0 Å². The average molecular weight is 513 g/mol. The van der Waals surface area contributed by atoms with Gasteiger partial charge < -0.3 is 4.42 Å². The number of para-hydroxylation sites is 5. The van der Waals surface area contributed by atoms with Crippen LogP contribution >= 0.6 is 0 Å². The zero-order valence-corrected chi connectivity index (χ0v) is 21.7. The smallest absolute Gasteiger partial charge is 0.145 e. The number of nitrogens with zero attached hydrogens (tertiary/aromatic N) is 2. The van der Waals surface area contributed by atoms with Crippen LogP contribution in [0.2, 0.25) is 0 Å². The largest absolute Gasteiger partial charge is 0.455 e. The van der Waals surface area contributed by atoms with E-state index in [4.69, 9.17) is 9.40 Å². The maximum Gasteiger partial charge on any atom is 0.145 e. The fraction of sp³-hybridized carbons (Fsp3) is 0. The normalized spacial score (nSPS) is 11.5. The van der Waals surface area contributed by atoms with Crippen molar-refractivity contribution in [1.82, 2.24) is 9.55 Å². The van der Waals surface area contributed by atoms with E-state index in [0.29, 0.717) is 0 Å². The minimum atomic E-state index is 0.910. The van der Waals surface area contributed by atoms with Crippen molar-refractivity contribution < 1.29 is 4.42 Å². The van der Waals surface area contributed by atoms with E-state index in [1.807, 2.05) is 18.2 Å². The van der Waals surface area contributed by atoms with Crippen molar-refractivity contribution in [2.75, 3.05) is 0 Å². The van der Waals surface area contributed by atoms with Gasteiger partial charge in [0.05, 0.1) is 16.7 Å². The van der Waals surface area contributed by atoms with E-state index in [-0.39, 0.29) is 0 Å². The molecule has 0 unspecified atom stereocenters. The Morgan fingerprint density at radius 3 is 2.02 bits per heavy atom. The third kappa shape index (κ3) is 3.56. The zero-order valence-electron chi connectivity index (χ0n) is 21.7. The molecule has 0 saturated heterocycles. The van der Waals surface area contributed by atoms with Crippen molar-refractivity contribution >= 4 is 33.0 Å². The molecule has 8 aromatic rings. The van der Waals surface area contributed by atoms with Gasteiger partial charge >= 0.3 is 0 Å². The molecular weight excluding hydrogens is 488 g/mol. The Labute approximate surface area is 231 Å². The number of benzene rings is 6. The molecule has 3 nitrogen and oxygen atoms in total. The third-order valence-electron chi connectivity index (χ3n) is 7.65. The maximum atomic E-state index is 6.31. The highest BCUT2D eigenvalue weighted by Gasteiger charge is 2.18. The van der Waals surface area contributed by atoms with Gasteiger partial charge in [-0.15, -0.1) is 0 Å². The Kier molecular flexibility index (Phi) is 5.14. The molecule has 40 heavy (non-hydrogen) atoms. The van der Waals surface area contributed by atoms with Gasteiger partial charge in [0.2, 0.25) is 0 Å². The van der Waals surface area contributed by atoms with Crippen LogP contribution in [0.25, 0.3) is 72.3 Å². The molecule has 0 atom stereocenters. The molecule has 0 aliphatic rings. The minimum Gasteiger partial charge on any atom is -0.455 e. The number of hydrogen-bond acceptors (Lipinski definition) is 2. The summed E-state index contributed by atoms with van der Waals surface area (Å²) in [5.41, 5.74) is 10.6. The molecule has 0 saturated carbocycles. The van der Waals surface area contributed by atoms with Gasteiger partial charge in [0.1, 0.15) is 17.0 Å². The van der Waals surface area contributed by atoms with Gasteiger partial charge in [0, 0.05) is 27.5 Å². The molecule has 0 amide bonds. The summed E-state index contributed by atoms with van der Waals surface area (Å²) in [4.78, 5) is 5.12. The molecule has 0 fully saturated rings. The second-order valence-electron chi connectivity index (χ2n) is 10.0. The van der Waals surface area contributed by atoms with Crippen LogP contribution in [0.4, 0.5) is 0 Å². The van der Waals surface area contributed by atoms with E-state index in [1.165, 1.54) is 11.1 Å². The highest BCUT2D eigenvalue weighted by atomic mass is 16.3. The van der Waals surface area contributed by atoms with E-state index in [0.717, 1.165) is 61.2 Å². The number of fused-ring (bicyclic) bond motifs is 4. The summed E-state index contributed by atoms with van der Waals surface area (Å²) in [6.45, 7) is 0. The highest BCUT2D eigenvalue weighted by Crippen LogP contribution is 2.38. The lowest BCUT2D eigenvalue weighted by Gasteiger charge is -2.15. The van der Waals surface area contributed by atoms with Gasteiger partial charge in [-0.2, -0.15) is 0 Å². The van der Waals surface area contributed by atoms with Gasteiger partial charge in [0.25, 0.3) is 0 Å². The Balaban J connectivity index is 1.29. The summed E-state index contributed by atoms with van der Waals surface area (Å²) in [5.74, 6) is 0.915. The fourth-order valence-electron chi connectivity index (χ4n) is 5.77. The molecule has 2 aromatic heterocycles. The Morgan fingerprint density at radius 1 is 0.475 bits per heavy atom. The number of furan rings is 1. The molecule has 0 radical (unpaired) electrons. The molecule has 0 N–H and O–H groups in total. The van der Waals surface area contributed by atoms with Crippen LogP contribution in [0.15, 0.2) is 150 Å². The first kappa shape index (κ1) is 22.6. The minimum absolute atomic E-state index is 0.910. The van der Waals surface area contributed by atoms with E-state index in [9.17, 15) is 0 Å². The topological polar surface area (TPSA) is 31.0 Å². The number of aromatic nitrogens is 2. The van der Waals surface area contributed by atoms with Gasteiger partial charge in [0.15, 0.2) is 0 Å². The summed E-state index contributed by atoms with van der Waals surface area (Å²) in [6.07, 6.45) is 0. The van der Waals surface area contributed by atoms with Crippen LogP contribution in [0.5, 0.6) is 0 Å². The summed E-state index contributed by atoms with van der Waals surface area (Å²) in [7, 11) is 0. The summed E-state index contributed by atoms with van der Waals surface area (Å²) in [6, 6.07) is 50.7. The molecule has 8 rings (SSSR count). The first-order valence-electron chi connectivity index (χ1n) is 13.5. The van der Waals surface area contributed by atoms with Gasteiger partial charge in [-0.3, -0.25) is 4.57 Å². The predicted octanol–water partition coefficient (Wildman–Crippen LogP) is 9.93. The lowest BCUT2D eigenvalue weighted by atomic mass is 10.0. The molecule has 6 aromatic carbocycles. The molecule has 0 bridgehead atoms.